The highest BCUT2D eigenvalue weighted by Gasteiger charge is 2.47. The van der Waals surface area contributed by atoms with Crippen LogP contribution >= 0.6 is 0 Å². The zero-order valence-corrected chi connectivity index (χ0v) is 26.7. The lowest BCUT2D eigenvalue weighted by Gasteiger charge is -2.29. The molecule has 0 amide bonds. The first-order valence-corrected chi connectivity index (χ1v) is 17.6. The second-order valence-electron chi connectivity index (χ2n) is 12.4. The number of carbonyl (C=O) groups is 1. The minimum Gasteiger partial charge on any atom is -0.506 e. The molecule has 0 saturated heterocycles. The molecule has 234 valence electrons. The Kier molecular flexibility index (Phi) is 8.03. The van der Waals surface area contributed by atoms with E-state index in [1.807, 2.05) is 85.7 Å². The summed E-state index contributed by atoms with van der Waals surface area (Å²) in [5.41, 5.74) is 4.30. The van der Waals surface area contributed by atoms with E-state index in [4.69, 9.17) is 0 Å². The van der Waals surface area contributed by atoms with Gasteiger partial charge in [0, 0.05) is 47.5 Å². The van der Waals surface area contributed by atoms with Crippen molar-refractivity contribution in [3.8, 4) is 0 Å². The molecule has 44 heavy (non-hydrogen) atoms. The van der Waals surface area contributed by atoms with Crippen LogP contribution in [0.25, 0.3) is 0 Å². The first-order valence-electron chi connectivity index (χ1n) is 14.4. The predicted molar refractivity (Wildman–Crippen MR) is 169 cm³/mol. The first-order chi connectivity index (χ1) is 20.4. The molecular weight excluding hydrogens is 604 g/mol. The number of fused-ring (bicyclic) bond motifs is 2. The van der Waals surface area contributed by atoms with Crippen LogP contribution in [0.2, 0.25) is 0 Å². The minimum atomic E-state index is -4.15. The van der Waals surface area contributed by atoms with E-state index in [0.29, 0.717) is 0 Å². The molecule has 2 aromatic rings. The van der Waals surface area contributed by atoms with E-state index in [9.17, 15) is 35.8 Å². The first kappa shape index (κ1) is 31.8. The number of aliphatic hydroxyl groups excluding tert-OH is 1. The lowest BCUT2D eigenvalue weighted by Crippen LogP contribution is -2.32. The molecule has 0 radical (unpaired) electrons. The number of hydrogen-bond acceptors (Lipinski definition) is 7. The normalized spacial score (nSPS) is 20.9. The van der Waals surface area contributed by atoms with Crippen molar-refractivity contribution in [3.63, 3.8) is 0 Å². The van der Waals surface area contributed by atoms with Gasteiger partial charge in [-0.3, -0.25) is 13.9 Å². The van der Waals surface area contributed by atoms with E-state index >= 15 is 0 Å². The van der Waals surface area contributed by atoms with Crippen LogP contribution in [-0.2, 0) is 35.9 Å². The molecule has 0 unspecified atom stereocenters. The maximum absolute atomic E-state index is 13.6. The Bertz CT molecular complexity index is 1900. The molecule has 0 aromatic heterocycles. The smallest absolute Gasteiger partial charge is 0.265 e. The Morgan fingerprint density at radius 1 is 0.818 bits per heavy atom. The van der Waals surface area contributed by atoms with Gasteiger partial charge in [0.1, 0.15) is 12.3 Å². The Hall–Kier alpha value is -3.58. The van der Waals surface area contributed by atoms with E-state index in [1.165, 1.54) is 0 Å². The molecular formula is C32H37N2O8S2+. The maximum Gasteiger partial charge on any atom is 0.265 e. The molecule has 0 atom stereocenters. The number of rotatable bonds is 10. The second kappa shape index (κ2) is 11.1. The number of nitrogens with zero attached hydrogens (tertiary/aromatic N) is 2. The van der Waals surface area contributed by atoms with Crippen molar-refractivity contribution in [2.24, 2.45) is 0 Å². The van der Waals surface area contributed by atoms with E-state index in [0.717, 1.165) is 33.9 Å². The van der Waals surface area contributed by atoms with Gasteiger partial charge < -0.3 is 10.0 Å². The van der Waals surface area contributed by atoms with E-state index in [1.54, 1.807) is 12.2 Å². The van der Waals surface area contributed by atoms with Crippen LogP contribution in [-0.4, -0.2) is 71.7 Å². The molecule has 5 rings (SSSR count). The highest BCUT2D eigenvalue weighted by atomic mass is 32.2. The summed E-state index contributed by atoms with van der Waals surface area (Å²) in [4.78, 5) is 15.5. The van der Waals surface area contributed by atoms with Gasteiger partial charge >= 0.3 is 0 Å². The molecule has 2 aromatic carbocycles. The van der Waals surface area contributed by atoms with Crippen LogP contribution in [0.1, 0.15) is 51.7 Å². The molecule has 0 spiro atoms. The number of para-hydroxylation sites is 2. The van der Waals surface area contributed by atoms with E-state index in [-0.39, 0.29) is 48.6 Å². The fourth-order valence-corrected chi connectivity index (χ4v) is 7.47. The van der Waals surface area contributed by atoms with Crippen LogP contribution in [0.15, 0.2) is 83.3 Å². The van der Waals surface area contributed by atoms with Crippen molar-refractivity contribution in [3.05, 3.63) is 94.4 Å². The summed E-state index contributed by atoms with van der Waals surface area (Å²) in [6.45, 7) is 8.54. The Labute approximate surface area is 258 Å². The quantitative estimate of drug-likeness (QED) is 0.192. The lowest BCUT2D eigenvalue weighted by molar-refractivity contribution is -0.437. The molecule has 3 aliphatic rings. The average Bonchev–Trinajstić information content (AvgIpc) is 3.27. The van der Waals surface area contributed by atoms with Gasteiger partial charge in [-0.15, -0.1) is 0 Å². The minimum absolute atomic E-state index is 0.138. The van der Waals surface area contributed by atoms with Gasteiger partial charge in [0.05, 0.1) is 28.1 Å². The summed E-state index contributed by atoms with van der Waals surface area (Å²) in [7, 11) is -8.29. The number of allylic oxidation sites excluding steroid dienone is 5. The van der Waals surface area contributed by atoms with Crippen molar-refractivity contribution in [1.82, 2.24) is 0 Å². The van der Waals surface area contributed by atoms with Gasteiger partial charge in [0.25, 0.3) is 20.2 Å². The van der Waals surface area contributed by atoms with Crippen molar-refractivity contribution in [2.75, 3.05) is 29.5 Å². The van der Waals surface area contributed by atoms with Crippen molar-refractivity contribution in [1.29, 1.82) is 0 Å². The Balaban J connectivity index is 1.54. The third-order valence-electron chi connectivity index (χ3n) is 8.73. The Morgan fingerprint density at radius 2 is 1.41 bits per heavy atom. The number of anilines is 1. The topological polar surface area (TPSA) is 152 Å². The number of benzene rings is 2. The summed E-state index contributed by atoms with van der Waals surface area (Å²) in [5.74, 6) is -1.33. The molecule has 0 saturated carbocycles. The number of aliphatic hydroxyl groups is 1. The molecule has 10 nitrogen and oxygen atoms in total. The van der Waals surface area contributed by atoms with Crippen molar-refractivity contribution >= 4 is 43.1 Å². The lowest BCUT2D eigenvalue weighted by atomic mass is 9.77. The van der Waals surface area contributed by atoms with Gasteiger partial charge in [-0.1, -0.05) is 50.2 Å². The van der Waals surface area contributed by atoms with Crippen LogP contribution in [0, 0.1) is 0 Å². The summed E-state index contributed by atoms with van der Waals surface area (Å²) in [6, 6.07) is 15.3. The fourth-order valence-electron chi connectivity index (χ4n) is 6.48. The maximum atomic E-state index is 13.6. The molecule has 2 aliphatic heterocycles. The summed E-state index contributed by atoms with van der Waals surface area (Å²) >= 11 is 0. The van der Waals surface area contributed by atoms with Crippen molar-refractivity contribution in [2.45, 2.75) is 51.4 Å². The van der Waals surface area contributed by atoms with Crippen LogP contribution in [0.3, 0.4) is 0 Å². The van der Waals surface area contributed by atoms with Gasteiger partial charge in [-0.2, -0.15) is 21.4 Å². The van der Waals surface area contributed by atoms with Crippen LogP contribution in [0.4, 0.5) is 11.4 Å². The molecule has 0 bridgehead atoms. The number of ketones is 1. The van der Waals surface area contributed by atoms with Gasteiger partial charge in [-0.05, 0) is 38.0 Å². The zero-order chi connectivity index (χ0) is 32.2. The van der Waals surface area contributed by atoms with Crippen LogP contribution in [0.5, 0.6) is 0 Å². The molecule has 1 aliphatic carbocycles. The summed E-state index contributed by atoms with van der Waals surface area (Å²) < 4.78 is 66.0. The summed E-state index contributed by atoms with van der Waals surface area (Å²) in [6.07, 6.45) is 3.63. The second-order valence-corrected chi connectivity index (χ2v) is 15.6. The Morgan fingerprint density at radius 3 is 2.05 bits per heavy atom. The molecule has 0 fully saturated rings. The third kappa shape index (κ3) is 5.79. The largest absolute Gasteiger partial charge is 0.506 e. The highest BCUT2D eigenvalue weighted by molar-refractivity contribution is 7.86. The SMILES string of the molecule is CC1(C)C(/C=C2\C(=O)C(/C=C3\N(CCCS(=O)(=O)O)c4ccccc4C3(C)C)=C2O)=[N+](CCCS(=O)(=O)O)c2ccccc21. The van der Waals surface area contributed by atoms with Crippen molar-refractivity contribution < 1.29 is 40.4 Å². The zero-order valence-electron chi connectivity index (χ0n) is 25.1. The van der Waals surface area contributed by atoms with E-state index in [2.05, 4.69) is 0 Å². The predicted octanol–water partition coefficient (Wildman–Crippen LogP) is 4.62. The summed E-state index contributed by atoms with van der Waals surface area (Å²) in [5, 5.41) is 11.2. The van der Waals surface area contributed by atoms with Crippen LogP contribution < -0.4 is 4.90 Å². The number of hydrogen-bond donors (Lipinski definition) is 3. The highest BCUT2D eigenvalue weighted by Crippen LogP contribution is 2.49. The monoisotopic (exact) mass is 641 g/mol. The number of Topliss-reactive ketones (excluding diaryl/α,β-unsaturated/α-hetero) is 1. The molecule has 3 N–H and O–H groups in total. The number of carbonyl (C=O) groups excluding carboxylic acids is 1. The molecule has 2 heterocycles. The van der Waals surface area contributed by atoms with Gasteiger partial charge in [-0.25, -0.2) is 0 Å². The van der Waals surface area contributed by atoms with Gasteiger partial charge in [0.2, 0.25) is 11.5 Å². The molecule has 12 heteroatoms. The average molecular weight is 642 g/mol. The third-order valence-corrected chi connectivity index (χ3v) is 10.3. The van der Waals surface area contributed by atoms with Gasteiger partial charge in [0.15, 0.2) is 5.71 Å². The standard InChI is InChI=1S/C32H36N2O8S2/c1-31(2)23-11-5-7-13-25(23)33(15-9-17-43(37,38)39)27(31)19-21-29(35)22(30(21)36)20-28-32(3,4)24-12-6-8-14-26(24)34(28)16-10-18-44(40,41)42/h5-8,11-14,19-20H,9-10,15-18H2,1-4H3,(H2-,35,36,37,38,39,40,41,42)/p+1. The fraction of sp³-hybridized carbons (Fsp3) is 0.375. The van der Waals surface area contributed by atoms with E-state index < -0.39 is 42.6 Å².